The number of fused-ring (bicyclic) bond motifs is 1. The zero-order chi connectivity index (χ0) is 20.5. The molecule has 2 nitrogen and oxygen atoms in total. The quantitative estimate of drug-likeness (QED) is 0.586. The van der Waals surface area contributed by atoms with Gasteiger partial charge in [0.25, 0.3) is 0 Å². The van der Waals surface area contributed by atoms with Crippen molar-refractivity contribution in [3.8, 4) is 0 Å². The van der Waals surface area contributed by atoms with Crippen molar-refractivity contribution in [2.45, 2.75) is 77.9 Å². The molecule has 2 unspecified atom stereocenters. The molecule has 28 heavy (non-hydrogen) atoms. The molecule has 2 N–H and O–H groups in total. The van der Waals surface area contributed by atoms with E-state index in [1.807, 2.05) is 0 Å². The highest BCUT2D eigenvalue weighted by Gasteiger charge is 2.45. The molecule has 0 bridgehead atoms. The molecule has 154 valence electrons. The summed E-state index contributed by atoms with van der Waals surface area (Å²) in [7, 11) is 0. The predicted octanol–water partition coefficient (Wildman–Crippen LogP) is 5.95. The van der Waals surface area contributed by atoms with E-state index in [-0.39, 0.29) is 11.2 Å². The maximum absolute atomic E-state index is 13.2. The molecule has 5 atom stereocenters. The SMILES string of the molecule is C=C1/C(=C\C=C2/CCC[C@]3(C)C([C@H](C)C/C=C(/C)F)=CC[C@@H]23)CC(O)CC1O. The van der Waals surface area contributed by atoms with Crippen LogP contribution in [0.3, 0.4) is 0 Å². The van der Waals surface area contributed by atoms with Gasteiger partial charge in [-0.2, -0.15) is 0 Å². The second-order valence-corrected chi connectivity index (χ2v) is 9.21. The molecule has 0 heterocycles. The van der Waals surface area contributed by atoms with Crippen molar-refractivity contribution in [1.29, 1.82) is 0 Å². The van der Waals surface area contributed by atoms with Crippen molar-refractivity contribution in [3.63, 3.8) is 0 Å². The lowest BCUT2D eigenvalue weighted by molar-refractivity contribution is 0.0862. The summed E-state index contributed by atoms with van der Waals surface area (Å²) in [5.74, 6) is 0.764. The van der Waals surface area contributed by atoms with Crippen LogP contribution in [0.1, 0.15) is 65.7 Å². The molecular weight excluding hydrogens is 351 g/mol. The number of rotatable bonds is 4. The van der Waals surface area contributed by atoms with E-state index < -0.39 is 12.2 Å². The minimum Gasteiger partial charge on any atom is -0.393 e. The van der Waals surface area contributed by atoms with E-state index in [9.17, 15) is 14.6 Å². The molecule has 3 heteroatoms. The van der Waals surface area contributed by atoms with Crippen LogP contribution in [0.5, 0.6) is 0 Å². The van der Waals surface area contributed by atoms with Gasteiger partial charge in [-0.25, -0.2) is 4.39 Å². The maximum Gasteiger partial charge on any atom is 0.0929 e. The lowest BCUT2D eigenvalue weighted by atomic mass is 9.62. The first-order chi connectivity index (χ1) is 13.2. The van der Waals surface area contributed by atoms with Gasteiger partial charge < -0.3 is 10.2 Å². The van der Waals surface area contributed by atoms with Crippen molar-refractivity contribution in [3.05, 3.63) is 59.0 Å². The van der Waals surface area contributed by atoms with Gasteiger partial charge in [0.15, 0.2) is 0 Å². The van der Waals surface area contributed by atoms with Crippen LogP contribution in [0.25, 0.3) is 0 Å². The van der Waals surface area contributed by atoms with Crippen LogP contribution < -0.4 is 0 Å². The third-order valence-corrected chi connectivity index (χ3v) is 7.16. The van der Waals surface area contributed by atoms with E-state index in [1.54, 1.807) is 6.08 Å². The molecule has 0 aliphatic heterocycles. The van der Waals surface area contributed by atoms with Gasteiger partial charge in [0, 0.05) is 6.42 Å². The first-order valence-corrected chi connectivity index (χ1v) is 10.7. The summed E-state index contributed by atoms with van der Waals surface area (Å²) in [4.78, 5) is 0. The van der Waals surface area contributed by atoms with Crippen molar-refractivity contribution in [2.75, 3.05) is 0 Å². The summed E-state index contributed by atoms with van der Waals surface area (Å²) in [6, 6.07) is 0. The summed E-state index contributed by atoms with van der Waals surface area (Å²) in [6.45, 7) is 10.1. The molecule has 0 radical (unpaired) electrons. The maximum atomic E-state index is 13.2. The summed E-state index contributed by atoms with van der Waals surface area (Å²) in [5, 5.41) is 20.1. The van der Waals surface area contributed by atoms with Gasteiger partial charge in [-0.3, -0.25) is 0 Å². The Hall–Kier alpha value is -1.45. The normalized spacial score (nSPS) is 37.9. The van der Waals surface area contributed by atoms with E-state index >= 15 is 0 Å². The average molecular weight is 387 g/mol. The number of hydrogen-bond donors (Lipinski definition) is 2. The zero-order valence-electron chi connectivity index (χ0n) is 17.5. The Bertz CT molecular complexity index is 738. The highest BCUT2D eigenvalue weighted by molar-refractivity contribution is 5.40. The molecule has 0 aromatic heterocycles. The second kappa shape index (κ2) is 8.51. The number of allylic oxidation sites excluding steroid dienone is 7. The Morgan fingerprint density at radius 1 is 1.39 bits per heavy atom. The Balaban J connectivity index is 1.79. The van der Waals surface area contributed by atoms with E-state index in [2.05, 4.69) is 38.7 Å². The molecule has 0 amide bonds. The highest BCUT2D eigenvalue weighted by Crippen LogP contribution is 2.57. The molecule has 0 aromatic rings. The lowest BCUT2D eigenvalue weighted by Gasteiger charge is -2.42. The van der Waals surface area contributed by atoms with Gasteiger partial charge >= 0.3 is 0 Å². The van der Waals surface area contributed by atoms with Crippen LogP contribution in [0.4, 0.5) is 4.39 Å². The summed E-state index contributed by atoms with van der Waals surface area (Å²) >= 11 is 0. The number of aliphatic hydroxyl groups is 2. The molecular formula is C25H35FO2. The van der Waals surface area contributed by atoms with Crippen LogP contribution in [0.15, 0.2) is 59.0 Å². The average Bonchev–Trinajstić information content (AvgIpc) is 2.99. The van der Waals surface area contributed by atoms with E-state index in [1.165, 1.54) is 24.5 Å². The van der Waals surface area contributed by atoms with Crippen molar-refractivity contribution >= 4 is 0 Å². The van der Waals surface area contributed by atoms with Crippen LogP contribution in [0.2, 0.25) is 0 Å². The standard InChI is InChI=1S/C25H35FO2/c1-16(7-8-17(2)26)22-11-12-23-19(6-5-13-25(22,23)4)9-10-20-14-21(27)15-24(28)18(20)3/h8-11,16,21,23-24,27-28H,3,5-7,12-15H2,1-2,4H3/b17-8-,19-9+,20-10-/t16-,21?,23+,24?,25-/m1/s1. The topological polar surface area (TPSA) is 40.5 Å². The molecule has 3 aliphatic carbocycles. The van der Waals surface area contributed by atoms with Gasteiger partial charge in [0.1, 0.15) is 0 Å². The fourth-order valence-corrected chi connectivity index (χ4v) is 5.55. The van der Waals surface area contributed by atoms with Gasteiger partial charge in [0.05, 0.1) is 18.0 Å². The van der Waals surface area contributed by atoms with Crippen molar-refractivity contribution in [2.24, 2.45) is 17.3 Å². The highest BCUT2D eigenvalue weighted by atomic mass is 19.1. The number of hydrogen-bond acceptors (Lipinski definition) is 2. The predicted molar refractivity (Wildman–Crippen MR) is 113 cm³/mol. The Morgan fingerprint density at radius 3 is 2.86 bits per heavy atom. The minimum absolute atomic E-state index is 0.0971. The number of halogens is 1. The molecule has 2 saturated carbocycles. The summed E-state index contributed by atoms with van der Waals surface area (Å²) in [6.07, 6.45) is 13.5. The smallest absolute Gasteiger partial charge is 0.0929 e. The first-order valence-electron chi connectivity index (χ1n) is 10.7. The fourth-order valence-electron chi connectivity index (χ4n) is 5.55. The third kappa shape index (κ3) is 4.26. The van der Waals surface area contributed by atoms with Gasteiger partial charge in [-0.15, -0.1) is 0 Å². The minimum atomic E-state index is -0.641. The monoisotopic (exact) mass is 386 g/mol. The zero-order valence-corrected chi connectivity index (χ0v) is 17.5. The van der Waals surface area contributed by atoms with Crippen LogP contribution in [-0.2, 0) is 0 Å². The Labute approximate surface area is 169 Å². The van der Waals surface area contributed by atoms with E-state index in [0.29, 0.717) is 24.7 Å². The third-order valence-electron chi connectivity index (χ3n) is 7.16. The fraction of sp³-hybridized carbons (Fsp3) is 0.600. The number of aliphatic hydroxyl groups excluding tert-OH is 2. The van der Waals surface area contributed by atoms with Gasteiger partial charge in [0.2, 0.25) is 0 Å². The second-order valence-electron chi connectivity index (χ2n) is 9.21. The van der Waals surface area contributed by atoms with E-state index in [4.69, 9.17) is 0 Å². The Kier molecular flexibility index (Phi) is 6.46. The lowest BCUT2D eigenvalue weighted by Crippen LogP contribution is -2.32. The summed E-state index contributed by atoms with van der Waals surface area (Å²) in [5.41, 5.74) is 4.81. The van der Waals surface area contributed by atoms with Crippen molar-refractivity contribution in [1.82, 2.24) is 0 Å². The molecule has 0 aromatic carbocycles. The molecule has 0 saturated heterocycles. The van der Waals surface area contributed by atoms with Gasteiger partial charge in [-0.05, 0) is 73.8 Å². The van der Waals surface area contributed by atoms with Crippen LogP contribution in [0, 0.1) is 17.3 Å². The van der Waals surface area contributed by atoms with E-state index in [0.717, 1.165) is 36.8 Å². The molecule has 0 spiro atoms. The van der Waals surface area contributed by atoms with Crippen LogP contribution in [-0.4, -0.2) is 22.4 Å². The summed E-state index contributed by atoms with van der Waals surface area (Å²) < 4.78 is 13.2. The molecule has 2 fully saturated rings. The molecule has 3 rings (SSSR count). The van der Waals surface area contributed by atoms with Gasteiger partial charge in [-0.1, -0.05) is 55.9 Å². The Morgan fingerprint density at radius 2 is 2.14 bits per heavy atom. The molecule has 3 aliphatic rings. The van der Waals surface area contributed by atoms with Crippen molar-refractivity contribution < 1.29 is 14.6 Å². The van der Waals surface area contributed by atoms with Crippen LogP contribution >= 0.6 is 0 Å². The largest absolute Gasteiger partial charge is 0.393 e. The first kappa shape index (κ1) is 21.3.